The summed E-state index contributed by atoms with van der Waals surface area (Å²) in [6, 6.07) is 0. The standard InChI is InChI=1S/C13H23NO5/c15-7-9-19-8-3-6-14-12(16)10-4-1-2-5-11(10)13(17)18/h10-11,15H,1-9H2,(H,14,16)(H,17,18)/t10-,11+/m1/s1. The Labute approximate surface area is 113 Å². The van der Waals surface area contributed by atoms with Crippen LogP contribution < -0.4 is 5.32 Å². The van der Waals surface area contributed by atoms with Crippen molar-refractivity contribution in [1.82, 2.24) is 5.32 Å². The number of carbonyl (C=O) groups excluding carboxylic acids is 1. The molecule has 0 saturated heterocycles. The van der Waals surface area contributed by atoms with Gasteiger partial charge in [-0.2, -0.15) is 0 Å². The highest BCUT2D eigenvalue weighted by Gasteiger charge is 2.35. The molecule has 2 atom stereocenters. The molecule has 1 fully saturated rings. The second-order valence-electron chi connectivity index (χ2n) is 4.82. The number of hydrogen-bond acceptors (Lipinski definition) is 4. The molecule has 6 heteroatoms. The van der Waals surface area contributed by atoms with Gasteiger partial charge in [0, 0.05) is 13.2 Å². The molecular weight excluding hydrogens is 250 g/mol. The van der Waals surface area contributed by atoms with E-state index < -0.39 is 17.8 Å². The van der Waals surface area contributed by atoms with E-state index in [0.717, 1.165) is 12.8 Å². The average molecular weight is 273 g/mol. The number of amides is 1. The fraction of sp³-hybridized carbons (Fsp3) is 0.846. The third kappa shape index (κ3) is 5.57. The largest absolute Gasteiger partial charge is 0.481 e. The summed E-state index contributed by atoms with van der Waals surface area (Å²) in [6.45, 7) is 1.26. The summed E-state index contributed by atoms with van der Waals surface area (Å²) in [7, 11) is 0. The monoisotopic (exact) mass is 273 g/mol. The summed E-state index contributed by atoms with van der Waals surface area (Å²) < 4.78 is 5.07. The number of carboxylic acids is 1. The van der Waals surface area contributed by atoms with Crippen molar-refractivity contribution in [3.63, 3.8) is 0 Å². The summed E-state index contributed by atoms with van der Waals surface area (Å²) >= 11 is 0. The van der Waals surface area contributed by atoms with E-state index in [1.54, 1.807) is 0 Å². The fourth-order valence-corrected chi connectivity index (χ4v) is 2.42. The van der Waals surface area contributed by atoms with E-state index in [0.29, 0.717) is 39.0 Å². The normalized spacial score (nSPS) is 23.0. The smallest absolute Gasteiger partial charge is 0.307 e. The number of carboxylic acid groups (broad SMARTS) is 1. The van der Waals surface area contributed by atoms with Gasteiger partial charge >= 0.3 is 5.97 Å². The number of nitrogens with one attached hydrogen (secondary N) is 1. The molecule has 0 heterocycles. The lowest BCUT2D eigenvalue weighted by atomic mass is 9.79. The van der Waals surface area contributed by atoms with Gasteiger partial charge in [-0.05, 0) is 19.3 Å². The van der Waals surface area contributed by atoms with Crippen molar-refractivity contribution in [3.05, 3.63) is 0 Å². The summed E-state index contributed by atoms with van der Waals surface area (Å²) in [4.78, 5) is 23.0. The van der Waals surface area contributed by atoms with Crippen molar-refractivity contribution >= 4 is 11.9 Å². The van der Waals surface area contributed by atoms with E-state index in [9.17, 15) is 9.59 Å². The number of aliphatic hydroxyl groups excluding tert-OH is 1. The molecule has 1 saturated carbocycles. The third-order valence-electron chi connectivity index (χ3n) is 3.42. The Balaban J connectivity index is 2.25. The second kappa shape index (κ2) is 8.87. The van der Waals surface area contributed by atoms with Gasteiger partial charge in [-0.15, -0.1) is 0 Å². The Morgan fingerprint density at radius 1 is 1.16 bits per heavy atom. The third-order valence-corrected chi connectivity index (χ3v) is 3.42. The Morgan fingerprint density at radius 2 is 1.84 bits per heavy atom. The minimum atomic E-state index is -0.869. The Hall–Kier alpha value is -1.14. The van der Waals surface area contributed by atoms with Gasteiger partial charge in [0.05, 0.1) is 25.0 Å². The minimum Gasteiger partial charge on any atom is -0.481 e. The van der Waals surface area contributed by atoms with Crippen LogP contribution in [0.2, 0.25) is 0 Å². The van der Waals surface area contributed by atoms with Crippen LogP contribution in [0.25, 0.3) is 0 Å². The lowest BCUT2D eigenvalue weighted by Gasteiger charge is -2.27. The molecule has 0 unspecified atom stereocenters. The SMILES string of the molecule is O=C(O)[C@H]1CCCC[C@H]1C(=O)NCCCOCCO. The van der Waals surface area contributed by atoms with Crippen molar-refractivity contribution in [2.24, 2.45) is 11.8 Å². The molecule has 6 nitrogen and oxygen atoms in total. The predicted octanol–water partition coefficient (Wildman–Crippen LogP) is 0.393. The lowest BCUT2D eigenvalue weighted by Crippen LogP contribution is -2.40. The van der Waals surface area contributed by atoms with Crippen LogP contribution in [0.3, 0.4) is 0 Å². The lowest BCUT2D eigenvalue weighted by molar-refractivity contribution is -0.148. The van der Waals surface area contributed by atoms with Gasteiger partial charge in [-0.1, -0.05) is 12.8 Å². The molecule has 0 radical (unpaired) electrons. The van der Waals surface area contributed by atoms with Crippen LogP contribution in [0, 0.1) is 11.8 Å². The molecule has 0 aromatic carbocycles. The molecular formula is C13H23NO5. The molecule has 0 aliphatic heterocycles. The first-order valence-corrected chi connectivity index (χ1v) is 6.86. The van der Waals surface area contributed by atoms with E-state index in [4.69, 9.17) is 14.9 Å². The molecule has 0 bridgehead atoms. The highest BCUT2D eigenvalue weighted by Crippen LogP contribution is 2.30. The van der Waals surface area contributed by atoms with Crippen LogP contribution in [-0.2, 0) is 14.3 Å². The number of ether oxygens (including phenoxy) is 1. The Morgan fingerprint density at radius 3 is 2.47 bits per heavy atom. The van der Waals surface area contributed by atoms with E-state index in [2.05, 4.69) is 5.32 Å². The summed E-state index contributed by atoms with van der Waals surface area (Å²) in [5, 5.41) is 20.4. The maximum Gasteiger partial charge on any atom is 0.307 e. The molecule has 110 valence electrons. The van der Waals surface area contributed by atoms with Crippen LogP contribution in [-0.4, -0.2) is 48.5 Å². The maximum atomic E-state index is 11.9. The van der Waals surface area contributed by atoms with E-state index in [1.165, 1.54) is 0 Å². The maximum absolute atomic E-state index is 11.9. The number of carbonyl (C=O) groups is 2. The van der Waals surface area contributed by atoms with E-state index in [1.807, 2.05) is 0 Å². The second-order valence-corrected chi connectivity index (χ2v) is 4.82. The van der Waals surface area contributed by atoms with Crippen LogP contribution in [0.1, 0.15) is 32.1 Å². The first kappa shape index (κ1) is 15.9. The molecule has 3 N–H and O–H groups in total. The highest BCUT2D eigenvalue weighted by atomic mass is 16.5. The topological polar surface area (TPSA) is 95.9 Å². The number of rotatable bonds is 8. The summed E-state index contributed by atoms with van der Waals surface area (Å²) in [5.41, 5.74) is 0. The molecule has 1 aliphatic rings. The quantitative estimate of drug-likeness (QED) is 0.556. The molecule has 1 amide bonds. The van der Waals surface area contributed by atoms with E-state index >= 15 is 0 Å². The Kier molecular flexibility index (Phi) is 7.43. The Bertz CT molecular complexity index is 295. The van der Waals surface area contributed by atoms with Crippen molar-refractivity contribution in [2.75, 3.05) is 26.4 Å². The highest BCUT2D eigenvalue weighted by molar-refractivity contribution is 5.84. The molecule has 0 aromatic rings. The molecule has 0 aromatic heterocycles. The van der Waals surface area contributed by atoms with E-state index in [-0.39, 0.29) is 12.5 Å². The summed E-state index contributed by atoms with van der Waals surface area (Å²) in [5.74, 6) is -1.97. The van der Waals surface area contributed by atoms with Crippen molar-refractivity contribution < 1.29 is 24.5 Å². The molecule has 1 rings (SSSR count). The summed E-state index contributed by atoms with van der Waals surface area (Å²) in [6.07, 6.45) is 3.71. The average Bonchev–Trinajstić information content (AvgIpc) is 2.42. The van der Waals surface area contributed by atoms with Gasteiger partial charge in [0.15, 0.2) is 0 Å². The van der Waals surface area contributed by atoms with Crippen LogP contribution >= 0.6 is 0 Å². The molecule has 0 spiro atoms. The van der Waals surface area contributed by atoms with Crippen LogP contribution in [0.5, 0.6) is 0 Å². The van der Waals surface area contributed by atoms with Gasteiger partial charge in [-0.25, -0.2) is 0 Å². The van der Waals surface area contributed by atoms with Gasteiger partial charge in [0.1, 0.15) is 0 Å². The minimum absolute atomic E-state index is 0.00523. The zero-order valence-corrected chi connectivity index (χ0v) is 11.1. The van der Waals surface area contributed by atoms with Crippen molar-refractivity contribution in [3.8, 4) is 0 Å². The first-order chi connectivity index (χ1) is 9.16. The van der Waals surface area contributed by atoms with Crippen LogP contribution in [0.4, 0.5) is 0 Å². The predicted molar refractivity (Wildman–Crippen MR) is 68.6 cm³/mol. The zero-order valence-electron chi connectivity index (χ0n) is 11.1. The number of hydrogen-bond donors (Lipinski definition) is 3. The molecule has 1 aliphatic carbocycles. The van der Waals surface area contributed by atoms with Gasteiger partial charge in [0.25, 0.3) is 0 Å². The zero-order chi connectivity index (χ0) is 14.1. The number of aliphatic carboxylic acids is 1. The van der Waals surface area contributed by atoms with Crippen LogP contribution in [0.15, 0.2) is 0 Å². The molecule has 19 heavy (non-hydrogen) atoms. The van der Waals surface area contributed by atoms with Gasteiger partial charge in [0.2, 0.25) is 5.91 Å². The fourth-order valence-electron chi connectivity index (χ4n) is 2.42. The van der Waals surface area contributed by atoms with Crippen molar-refractivity contribution in [2.45, 2.75) is 32.1 Å². The number of aliphatic hydroxyl groups is 1. The van der Waals surface area contributed by atoms with Gasteiger partial charge < -0.3 is 20.3 Å². The van der Waals surface area contributed by atoms with Gasteiger partial charge in [-0.3, -0.25) is 9.59 Å². The van der Waals surface area contributed by atoms with Crippen molar-refractivity contribution in [1.29, 1.82) is 0 Å². The first-order valence-electron chi connectivity index (χ1n) is 6.86.